The average molecular weight is 677 g/mol. The van der Waals surface area contributed by atoms with E-state index in [4.69, 9.17) is 9.97 Å². The number of benzene rings is 4. The summed E-state index contributed by atoms with van der Waals surface area (Å²) in [5.41, 5.74) is 11.1. The Bertz CT molecular complexity index is 2140. The van der Waals surface area contributed by atoms with Gasteiger partial charge in [0.2, 0.25) is 0 Å². The van der Waals surface area contributed by atoms with Gasteiger partial charge in [0.15, 0.2) is 5.82 Å². The van der Waals surface area contributed by atoms with Gasteiger partial charge in [-0.2, -0.15) is 0 Å². The van der Waals surface area contributed by atoms with Gasteiger partial charge in [-0.15, -0.1) is 0 Å². The molecule has 5 aromatic rings. The van der Waals surface area contributed by atoms with Crippen molar-refractivity contribution in [2.45, 2.75) is 57.8 Å². The second kappa shape index (κ2) is 15.3. The van der Waals surface area contributed by atoms with Crippen LogP contribution < -0.4 is 0 Å². The molecule has 4 aromatic carbocycles. The Balaban J connectivity index is 1.28. The number of hydrogen-bond donors (Lipinski definition) is 0. The molecule has 0 saturated heterocycles. The van der Waals surface area contributed by atoms with Crippen LogP contribution >= 0.6 is 0 Å². The Labute approximate surface area is 310 Å². The normalized spacial score (nSPS) is 18.4. The van der Waals surface area contributed by atoms with E-state index in [1.807, 2.05) is 6.07 Å². The maximum atomic E-state index is 5.12. The van der Waals surface area contributed by atoms with Crippen LogP contribution in [0.25, 0.3) is 22.4 Å². The van der Waals surface area contributed by atoms with Gasteiger partial charge in [0.05, 0.1) is 16.8 Å². The van der Waals surface area contributed by atoms with E-state index in [0.717, 1.165) is 54.0 Å². The number of hydrogen-bond acceptors (Lipinski definition) is 2. The van der Waals surface area contributed by atoms with Gasteiger partial charge in [0.25, 0.3) is 0 Å². The largest absolute Gasteiger partial charge is 0.233 e. The second-order valence-corrected chi connectivity index (χ2v) is 14.4. The van der Waals surface area contributed by atoms with E-state index in [9.17, 15) is 0 Å². The molecule has 2 unspecified atom stereocenters. The van der Waals surface area contributed by atoms with Crippen LogP contribution in [-0.2, 0) is 5.41 Å². The minimum Gasteiger partial charge on any atom is -0.233 e. The van der Waals surface area contributed by atoms with Crippen LogP contribution in [0.4, 0.5) is 0 Å². The Kier molecular flexibility index (Phi) is 10.3. The molecule has 0 aliphatic heterocycles. The first kappa shape index (κ1) is 34.8. The third-order valence-corrected chi connectivity index (χ3v) is 11.0. The molecule has 0 N–H and O–H groups in total. The van der Waals surface area contributed by atoms with Gasteiger partial charge in [-0.05, 0) is 90.6 Å². The van der Waals surface area contributed by atoms with Gasteiger partial charge in [0.1, 0.15) is 0 Å². The summed E-state index contributed by atoms with van der Waals surface area (Å²) in [6.45, 7) is 11.1. The van der Waals surface area contributed by atoms with Gasteiger partial charge < -0.3 is 0 Å². The number of allylic oxidation sites excluding steroid dienone is 11. The average Bonchev–Trinajstić information content (AvgIpc) is 3.20. The third kappa shape index (κ3) is 6.74. The zero-order chi connectivity index (χ0) is 36.0. The highest BCUT2D eigenvalue weighted by molar-refractivity contribution is 5.77. The molecular weight excluding hydrogens is 629 g/mol. The zero-order valence-electron chi connectivity index (χ0n) is 30.7. The minimum atomic E-state index is -0.418. The van der Waals surface area contributed by atoms with Gasteiger partial charge >= 0.3 is 0 Å². The van der Waals surface area contributed by atoms with E-state index in [2.05, 4.69) is 191 Å². The molecule has 258 valence electrons. The molecule has 7 rings (SSSR count). The maximum Gasteiger partial charge on any atom is 0.155 e. The quantitative estimate of drug-likeness (QED) is 0.103. The van der Waals surface area contributed by atoms with Gasteiger partial charge in [-0.25, -0.2) is 9.97 Å². The first-order valence-electron chi connectivity index (χ1n) is 18.6. The summed E-state index contributed by atoms with van der Waals surface area (Å²) >= 11 is 0. The fourth-order valence-corrected chi connectivity index (χ4v) is 8.19. The van der Waals surface area contributed by atoms with Gasteiger partial charge in [-0.3, -0.25) is 0 Å². The second-order valence-electron chi connectivity index (χ2n) is 14.4. The fraction of sp³-hybridized carbons (Fsp3) is 0.200. The van der Waals surface area contributed by atoms with Crippen molar-refractivity contribution in [2.75, 3.05) is 0 Å². The van der Waals surface area contributed by atoms with E-state index >= 15 is 0 Å². The number of rotatable bonds is 11. The van der Waals surface area contributed by atoms with E-state index in [0.29, 0.717) is 0 Å². The number of aromatic nitrogens is 2. The van der Waals surface area contributed by atoms with E-state index in [1.54, 1.807) is 0 Å². The Morgan fingerprint density at radius 3 is 2.15 bits per heavy atom. The van der Waals surface area contributed by atoms with Crippen molar-refractivity contribution in [1.82, 2.24) is 9.97 Å². The molecule has 2 atom stereocenters. The van der Waals surface area contributed by atoms with Crippen LogP contribution in [-0.4, -0.2) is 9.97 Å². The lowest BCUT2D eigenvalue weighted by Crippen LogP contribution is -2.45. The molecule has 0 bridgehead atoms. The molecule has 2 aliphatic carbocycles. The smallest absolute Gasteiger partial charge is 0.155 e. The van der Waals surface area contributed by atoms with Crippen LogP contribution in [0, 0.1) is 12.3 Å². The van der Waals surface area contributed by atoms with Crippen molar-refractivity contribution >= 4 is 11.1 Å². The maximum absolute atomic E-state index is 5.12. The van der Waals surface area contributed by atoms with Crippen LogP contribution in [0.3, 0.4) is 0 Å². The first-order chi connectivity index (χ1) is 25.4. The highest BCUT2D eigenvalue weighted by Gasteiger charge is 2.51. The molecule has 0 radical (unpaired) electrons. The van der Waals surface area contributed by atoms with Gasteiger partial charge in [0, 0.05) is 16.9 Å². The first-order valence-corrected chi connectivity index (χ1v) is 18.6. The van der Waals surface area contributed by atoms with Crippen molar-refractivity contribution in [1.29, 1.82) is 0 Å². The molecule has 2 nitrogen and oxygen atoms in total. The number of nitrogens with zero attached hydrogens (tertiary/aromatic N) is 2. The third-order valence-electron chi connectivity index (χ3n) is 11.0. The topological polar surface area (TPSA) is 25.8 Å². The number of aryl methyl sites for hydroxylation is 1. The summed E-state index contributed by atoms with van der Waals surface area (Å²) in [4.78, 5) is 10.1. The summed E-state index contributed by atoms with van der Waals surface area (Å²) in [6, 6.07) is 41.9. The van der Waals surface area contributed by atoms with Gasteiger partial charge in [-0.1, -0.05) is 171 Å². The molecule has 52 heavy (non-hydrogen) atoms. The molecule has 1 heterocycles. The predicted molar refractivity (Wildman–Crippen MR) is 220 cm³/mol. The lowest BCUT2D eigenvalue weighted by atomic mass is 9.52. The van der Waals surface area contributed by atoms with Crippen LogP contribution in [0.2, 0.25) is 0 Å². The summed E-state index contributed by atoms with van der Waals surface area (Å²) in [5.74, 6) is 0.887. The minimum absolute atomic E-state index is 0.145. The van der Waals surface area contributed by atoms with Crippen LogP contribution in [0.5, 0.6) is 0 Å². The summed E-state index contributed by atoms with van der Waals surface area (Å²) in [7, 11) is 0. The SMILES string of the molecule is C=C(CC/C=C\C)c1nc(-c2ccccc2)cc(C2C=CC(c3ccc(C)c(C(c4ccccc4)(c4ccccc4)C4(C)C=CC=CC4)c3)=CC2)n1. The molecule has 0 spiro atoms. The lowest BCUT2D eigenvalue weighted by molar-refractivity contribution is 0.286. The molecule has 2 aliphatic rings. The van der Waals surface area contributed by atoms with Crippen LogP contribution in [0.15, 0.2) is 177 Å². The highest BCUT2D eigenvalue weighted by atomic mass is 14.9. The van der Waals surface area contributed by atoms with E-state index in [-0.39, 0.29) is 11.3 Å². The zero-order valence-corrected chi connectivity index (χ0v) is 30.7. The fourth-order valence-electron chi connectivity index (χ4n) is 8.19. The monoisotopic (exact) mass is 676 g/mol. The van der Waals surface area contributed by atoms with Crippen molar-refractivity contribution < 1.29 is 0 Å². The lowest BCUT2D eigenvalue weighted by Gasteiger charge is -2.50. The molecule has 2 heteroatoms. The Hall–Kier alpha value is -5.60. The predicted octanol–water partition coefficient (Wildman–Crippen LogP) is 12.8. The molecule has 1 aromatic heterocycles. The molecular formula is C50H48N2. The summed E-state index contributed by atoms with van der Waals surface area (Å²) in [5, 5.41) is 0. The summed E-state index contributed by atoms with van der Waals surface area (Å²) in [6.07, 6.45) is 24.0. The standard InChI is InChI=1S/C50H48N2/c1-5-6-11-20-38(3)48-51-46(40-21-12-7-13-22-40)36-47(52-48)41-31-29-39(30-32-41)42-28-27-37(2)45(35-42)50(43-23-14-8-15-24-43,44-25-16-9-17-26-44)49(4)33-18-10-19-34-49/h5-10,12-19,21-31,33,35-36,41H,3,11,20,32,34H2,1-2,4H3/b6-5-. The molecule has 0 fully saturated rings. The van der Waals surface area contributed by atoms with Crippen molar-refractivity contribution in [3.05, 3.63) is 216 Å². The Morgan fingerprint density at radius 1 is 0.846 bits per heavy atom. The molecule has 0 amide bonds. The van der Waals surface area contributed by atoms with Crippen molar-refractivity contribution in [3.63, 3.8) is 0 Å². The summed E-state index contributed by atoms with van der Waals surface area (Å²) < 4.78 is 0. The van der Waals surface area contributed by atoms with Crippen LogP contribution in [0.1, 0.15) is 84.8 Å². The van der Waals surface area contributed by atoms with Crippen molar-refractivity contribution in [3.8, 4) is 11.3 Å². The van der Waals surface area contributed by atoms with E-state index in [1.165, 1.54) is 33.4 Å². The van der Waals surface area contributed by atoms with Crippen molar-refractivity contribution in [2.24, 2.45) is 5.41 Å². The Morgan fingerprint density at radius 2 is 1.54 bits per heavy atom. The highest BCUT2D eigenvalue weighted by Crippen LogP contribution is 2.56. The van der Waals surface area contributed by atoms with E-state index < -0.39 is 5.41 Å². The molecule has 0 saturated carbocycles.